The van der Waals surface area contributed by atoms with Gasteiger partial charge in [0.2, 0.25) is 5.91 Å². The second kappa shape index (κ2) is 5.52. The number of hydrogen-bond acceptors (Lipinski definition) is 3. The average Bonchev–Trinajstić information content (AvgIpc) is 2.83. The molecule has 1 aliphatic rings. The molecule has 7 heteroatoms. The normalized spacial score (nSPS) is 16.6. The Morgan fingerprint density at radius 2 is 2.14 bits per heavy atom. The molecule has 1 saturated heterocycles. The van der Waals surface area contributed by atoms with E-state index in [4.69, 9.17) is 11.6 Å². The Bertz CT molecular complexity index is 728. The Morgan fingerprint density at radius 1 is 1.43 bits per heavy atom. The van der Waals surface area contributed by atoms with E-state index in [2.05, 4.69) is 15.0 Å². The topological polar surface area (TPSA) is 81.8 Å². The van der Waals surface area contributed by atoms with Crippen LogP contribution in [0.5, 0.6) is 0 Å². The van der Waals surface area contributed by atoms with Crippen LogP contribution in [0, 0.1) is 5.92 Å². The first kappa shape index (κ1) is 14.1. The smallest absolute Gasteiger partial charge is 0.325 e. The average molecular weight is 309 g/mol. The Kier molecular flexibility index (Phi) is 3.71. The molecule has 112 valence electrons. The summed E-state index contributed by atoms with van der Waals surface area (Å²) in [5.41, 5.74) is 1.90. The van der Waals surface area contributed by atoms with Crippen molar-refractivity contribution in [2.75, 3.05) is 13.1 Å². The van der Waals surface area contributed by atoms with Crippen LogP contribution in [0.1, 0.15) is 25.3 Å². The van der Waals surface area contributed by atoms with Crippen molar-refractivity contribution in [2.24, 2.45) is 5.92 Å². The molecule has 1 amide bonds. The fourth-order valence-electron chi connectivity index (χ4n) is 2.95. The maximum atomic E-state index is 11.4. The molecule has 0 aromatic carbocycles. The van der Waals surface area contributed by atoms with Crippen molar-refractivity contribution in [3.05, 3.63) is 27.3 Å². The minimum Gasteiger partial charge on any atom is -0.343 e. The summed E-state index contributed by atoms with van der Waals surface area (Å²) >= 11 is 6.25. The number of amides is 1. The molecular formula is C14H17ClN4O2. The SMILES string of the molecule is CC(=O)N1CCC(Cc2c(Cl)cnc3[nH]c(=O)[nH]c23)CC1. The number of piperidine rings is 1. The summed E-state index contributed by atoms with van der Waals surface area (Å²) in [5, 5.41) is 0.576. The molecule has 3 heterocycles. The van der Waals surface area contributed by atoms with Crippen LogP contribution in [0.15, 0.2) is 11.0 Å². The molecule has 2 N–H and O–H groups in total. The van der Waals surface area contributed by atoms with Gasteiger partial charge in [0.1, 0.15) is 0 Å². The lowest BCUT2D eigenvalue weighted by molar-refractivity contribution is -0.130. The Morgan fingerprint density at radius 3 is 2.81 bits per heavy atom. The Hall–Kier alpha value is -1.82. The molecule has 1 fully saturated rings. The van der Waals surface area contributed by atoms with E-state index >= 15 is 0 Å². The lowest BCUT2D eigenvalue weighted by Gasteiger charge is -2.31. The number of nitrogens with one attached hydrogen (secondary N) is 2. The van der Waals surface area contributed by atoms with E-state index < -0.39 is 0 Å². The fraction of sp³-hybridized carbons (Fsp3) is 0.500. The highest BCUT2D eigenvalue weighted by Gasteiger charge is 2.23. The number of nitrogens with zero attached hydrogens (tertiary/aromatic N) is 2. The van der Waals surface area contributed by atoms with Crippen molar-refractivity contribution in [3.63, 3.8) is 0 Å². The predicted octanol–water partition coefficient (Wildman–Crippen LogP) is 1.71. The predicted molar refractivity (Wildman–Crippen MR) is 80.4 cm³/mol. The summed E-state index contributed by atoms with van der Waals surface area (Å²) in [6, 6.07) is 0. The second-order valence-electron chi connectivity index (χ2n) is 5.54. The maximum absolute atomic E-state index is 11.4. The molecule has 0 bridgehead atoms. The van der Waals surface area contributed by atoms with Gasteiger partial charge in [0.05, 0.1) is 10.5 Å². The first-order valence-corrected chi connectivity index (χ1v) is 7.43. The van der Waals surface area contributed by atoms with Crippen molar-refractivity contribution in [1.29, 1.82) is 0 Å². The molecule has 0 saturated carbocycles. The second-order valence-corrected chi connectivity index (χ2v) is 5.95. The van der Waals surface area contributed by atoms with E-state index in [1.54, 1.807) is 13.1 Å². The summed E-state index contributed by atoms with van der Waals surface area (Å²) in [5.74, 6) is 0.592. The lowest BCUT2D eigenvalue weighted by Crippen LogP contribution is -2.37. The number of pyridine rings is 1. The first-order valence-electron chi connectivity index (χ1n) is 7.05. The summed E-state index contributed by atoms with van der Waals surface area (Å²) in [7, 11) is 0. The third kappa shape index (κ3) is 2.81. The van der Waals surface area contributed by atoms with Gasteiger partial charge in [0, 0.05) is 26.2 Å². The molecule has 2 aromatic rings. The molecule has 1 aliphatic heterocycles. The van der Waals surface area contributed by atoms with Crippen LogP contribution < -0.4 is 5.69 Å². The number of carbonyl (C=O) groups excluding carboxylic acids is 1. The largest absolute Gasteiger partial charge is 0.343 e. The van der Waals surface area contributed by atoms with Gasteiger partial charge in [-0.25, -0.2) is 9.78 Å². The van der Waals surface area contributed by atoms with Crippen LogP contribution in [0.2, 0.25) is 5.02 Å². The number of rotatable bonds is 2. The van der Waals surface area contributed by atoms with Crippen molar-refractivity contribution in [3.8, 4) is 0 Å². The van der Waals surface area contributed by atoms with Gasteiger partial charge in [0.25, 0.3) is 0 Å². The minimum atomic E-state index is -0.271. The first-order chi connectivity index (χ1) is 10.0. The maximum Gasteiger partial charge on any atom is 0.325 e. The van der Waals surface area contributed by atoms with Gasteiger partial charge in [-0.1, -0.05) is 11.6 Å². The van der Waals surface area contributed by atoms with Crippen LogP contribution in [0.25, 0.3) is 11.2 Å². The molecule has 2 aromatic heterocycles. The van der Waals surface area contributed by atoms with Crippen LogP contribution in [0.3, 0.4) is 0 Å². The lowest BCUT2D eigenvalue weighted by atomic mass is 9.90. The monoisotopic (exact) mass is 308 g/mol. The molecule has 0 spiro atoms. The minimum absolute atomic E-state index is 0.132. The van der Waals surface area contributed by atoms with E-state index in [0.717, 1.165) is 37.9 Å². The number of hydrogen-bond donors (Lipinski definition) is 2. The third-order valence-electron chi connectivity index (χ3n) is 4.16. The fourth-order valence-corrected chi connectivity index (χ4v) is 3.17. The van der Waals surface area contributed by atoms with Gasteiger partial charge in [-0.05, 0) is 30.7 Å². The quantitative estimate of drug-likeness (QED) is 0.886. The number of carbonyl (C=O) groups is 1. The molecule has 6 nitrogen and oxygen atoms in total. The van der Waals surface area contributed by atoms with E-state index in [1.165, 1.54) is 0 Å². The highest BCUT2D eigenvalue weighted by Crippen LogP contribution is 2.28. The number of aromatic amines is 2. The van der Waals surface area contributed by atoms with Gasteiger partial charge in [-0.15, -0.1) is 0 Å². The Labute approximate surface area is 126 Å². The number of aromatic nitrogens is 3. The van der Waals surface area contributed by atoms with Gasteiger partial charge < -0.3 is 9.88 Å². The van der Waals surface area contributed by atoms with Crippen molar-refractivity contribution in [2.45, 2.75) is 26.2 Å². The standard InChI is InChI=1S/C14H17ClN4O2/c1-8(20)19-4-2-9(3-5-19)6-10-11(15)7-16-13-12(10)17-14(21)18-13/h7,9H,2-6H2,1H3,(H2,16,17,18,21). The highest BCUT2D eigenvalue weighted by molar-refractivity contribution is 6.32. The van der Waals surface area contributed by atoms with Crippen LogP contribution in [0.4, 0.5) is 0 Å². The van der Waals surface area contributed by atoms with Gasteiger partial charge in [-0.2, -0.15) is 0 Å². The summed E-state index contributed by atoms with van der Waals surface area (Å²) in [4.78, 5) is 34.2. The van der Waals surface area contributed by atoms with E-state index in [-0.39, 0.29) is 11.6 Å². The molecule has 3 rings (SSSR count). The number of imidazole rings is 1. The van der Waals surface area contributed by atoms with E-state index in [0.29, 0.717) is 22.1 Å². The molecule has 0 aliphatic carbocycles. The number of fused-ring (bicyclic) bond motifs is 1. The molecule has 0 unspecified atom stereocenters. The molecular weight excluding hydrogens is 292 g/mol. The summed E-state index contributed by atoms with van der Waals surface area (Å²) < 4.78 is 0. The van der Waals surface area contributed by atoms with Gasteiger partial charge >= 0.3 is 5.69 Å². The third-order valence-corrected chi connectivity index (χ3v) is 4.48. The summed E-state index contributed by atoms with van der Waals surface area (Å²) in [6.07, 6.45) is 4.27. The van der Waals surface area contributed by atoms with Gasteiger partial charge in [-0.3, -0.25) is 9.78 Å². The van der Waals surface area contributed by atoms with Crippen LogP contribution >= 0.6 is 11.6 Å². The van der Waals surface area contributed by atoms with Crippen LogP contribution in [-0.2, 0) is 11.2 Å². The highest BCUT2D eigenvalue weighted by atomic mass is 35.5. The zero-order valence-corrected chi connectivity index (χ0v) is 12.5. The molecule has 21 heavy (non-hydrogen) atoms. The molecule has 0 atom stereocenters. The zero-order valence-electron chi connectivity index (χ0n) is 11.8. The number of likely N-dealkylation sites (tertiary alicyclic amines) is 1. The van der Waals surface area contributed by atoms with Crippen molar-refractivity contribution >= 4 is 28.7 Å². The summed E-state index contributed by atoms with van der Waals surface area (Å²) in [6.45, 7) is 3.18. The number of halogens is 1. The van der Waals surface area contributed by atoms with Crippen molar-refractivity contribution < 1.29 is 4.79 Å². The van der Waals surface area contributed by atoms with Crippen molar-refractivity contribution in [1.82, 2.24) is 19.9 Å². The van der Waals surface area contributed by atoms with Gasteiger partial charge in [0.15, 0.2) is 5.65 Å². The number of H-pyrrole nitrogens is 2. The van der Waals surface area contributed by atoms with Crippen LogP contribution in [-0.4, -0.2) is 38.8 Å². The molecule has 0 radical (unpaired) electrons. The van der Waals surface area contributed by atoms with E-state index in [1.807, 2.05) is 4.90 Å². The zero-order chi connectivity index (χ0) is 15.0. The van der Waals surface area contributed by atoms with E-state index in [9.17, 15) is 9.59 Å². The Balaban J connectivity index is 1.81.